The molecule has 0 radical (unpaired) electrons. The van der Waals surface area contributed by atoms with Crippen LogP contribution in [-0.2, 0) is 16.8 Å². The number of nitrogens with one attached hydrogen (secondary N) is 1. The molecule has 5 aromatic heterocycles. The molecule has 172 valence electrons. The molecule has 0 spiro atoms. The van der Waals surface area contributed by atoms with Crippen molar-refractivity contribution in [2.45, 2.75) is 32.7 Å². The lowest BCUT2D eigenvalue weighted by atomic mass is 9.92. The monoisotopic (exact) mass is 491 g/mol. The number of fused-ring (bicyclic) bond motifs is 1. The highest BCUT2D eigenvalue weighted by Crippen LogP contribution is 2.33. The van der Waals surface area contributed by atoms with Gasteiger partial charge in [-0.3, -0.25) is 14.2 Å². The average molecular weight is 492 g/mol. The van der Waals surface area contributed by atoms with Crippen LogP contribution in [0.25, 0.3) is 26.6 Å². The lowest BCUT2D eigenvalue weighted by Gasteiger charge is -2.13. The van der Waals surface area contributed by atoms with Gasteiger partial charge in [0.1, 0.15) is 17.2 Å². The van der Waals surface area contributed by atoms with Crippen molar-refractivity contribution in [2.75, 3.05) is 5.32 Å². The number of thiophene rings is 2. The predicted octanol–water partition coefficient (Wildman–Crippen LogP) is 4.10. The number of carbonyl (C=O) groups is 1. The van der Waals surface area contributed by atoms with Crippen molar-refractivity contribution in [1.29, 1.82) is 0 Å². The van der Waals surface area contributed by atoms with Crippen molar-refractivity contribution < 1.29 is 4.79 Å². The van der Waals surface area contributed by atoms with Crippen LogP contribution in [0.5, 0.6) is 0 Å². The Kier molecular flexibility index (Phi) is 5.58. The fourth-order valence-electron chi connectivity index (χ4n) is 3.42. The summed E-state index contributed by atoms with van der Waals surface area (Å²) in [5, 5.41) is 11.9. The van der Waals surface area contributed by atoms with Crippen LogP contribution in [0.4, 0.5) is 5.82 Å². The Bertz CT molecular complexity index is 1530. The Balaban J connectivity index is 1.46. The van der Waals surface area contributed by atoms with E-state index in [1.807, 2.05) is 43.7 Å². The highest BCUT2D eigenvalue weighted by atomic mass is 32.1. The number of hydrogen-bond donors (Lipinski definition) is 1. The fourth-order valence-corrected chi connectivity index (χ4v) is 5.14. The molecule has 1 amide bonds. The van der Waals surface area contributed by atoms with E-state index in [0.29, 0.717) is 22.0 Å². The van der Waals surface area contributed by atoms with Gasteiger partial charge in [0.15, 0.2) is 0 Å². The van der Waals surface area contributed by atoms with E-state index < -0.39 is 0 Å². The summed E-state index contributed by atoms with van der Waals surface area (Å²) in [6.45, 7) is 5.91. The first kappa shape index (κ1) is 22.1. The van der Waals surface area contributed by atoms with Gasteiger partial charge in [-0.1, -0.05) is 26.8 Å². The standard InChI is InChI=1S/C23H21N7O2S2/c1-23(2,3)16-10-17(30(28-16)22-24-7-5-8-25-22)27-18(31)11-29-13-26-20-19(21(29)32)14(12-34-20)15-6-4-9-33-15/h4-10,12-13H,11H2,1-3H3,(H,27,31). The molecular weight excluding hydrogens is 470 g/mol. The smallest absolute Gasteiger partial charge is 0.263 e. The summed E-state index contributed by atoms with van der Waals surface area (Å²) in [6, 6.07) is 7.42. The molecule has 0 aliphatic carbocycles. The largest absolute Gasteiger partial charge is 0.309 e. The number of amides is 1. The zero-order valence-corrected chi connectivity index (χ0v) is 20.4. The first-order valence-electron chi connectivity index (χ1n) is 10.5. The minimum absolute atomic E-state index is 0.187. The second kappa shape index (κ2) is 8.58. The summed E-state index contributed by atoms with van der Waals surface area (Å²) in [6.07, 6.45) is 4.63. The third-order valence-corrected chi connectivity index (χ3v) is 6.94. The van der Waals surface area contributed by atoms with Crippen LogP contribution in [0.15, 0.2) is 58.5 Å². The van der Waals surface area contributed by atoms with Crippen molar-refractivity contribution >= 4 is 44.6 Å². The van der Waals surface area contributed by atoms with Crippen LogP contribution in [0.1, 0.15) is 26.5 Å². The van der Waals surface area contributed by atoms with Crippen LogP contribution in [0.2, 0.25) is 0 Å². The SMILES string of the molecule is CC(C)(C)c1cc(NC(=O)Cn2cnc3scc(-c4cccs4)c3c2=O)n(-c2ncccn2)n1. The van der Waals surface area contributed by atoms with Crippen molar-refractivity contribution in [2.24, 2.45) is 0 Å². The Morgan fingerprint density at radius 3 is 2.62 bits per heavy atom. The van der Waals surface area contributed by atoms with E-state index in [4.69, 9.17) is 0 Å². The third kappa shape index (κ3) is 4.15. The van der Waals surface area contributed by atoms with Crippen molar-refractivity contribution in [3.8, 4) is 16.4 Å². The van der Waals surface area contributed by atoms with E-state index in [0.717, 1.165) is 16.1 Å². The molecule has 5 heterocycles. The van der Waals surface area contributed by atoms with Crippen LogP contribution >= 0.6 is 22.7 Å². The summed E-state index contributed by atoms with van der Waals surface area (Å²) in [5.41, 5.74) is 1.12. The van der Waals surface area contributed by atoms with Gasteiger partial charge in [0.25, 0.3) is 11.5 Å². The molecule has 1 N–H and O–H groups in total. The predicted molar refractivity (Wildman–Crippen MR) is 134 cm³/mol. The van der Waals surface area contributed by atoms with E-state index in [9.17, 15) is 9.59 Å². The van der Waals surface area contributed by atoms with Crippen molar-refractivity contribution in [3.05, 3.63) is 69.8 Å². The molecule has 11 heteroatoms. The Morgan fingerprint density at radius 2 is 1.91 bits per heavy atom. The van der Waals surface area contributed by atoms with Gasteiger partial charge >= 0.3 is 0 Å². The van der Waals surface area contributed by atoms with Gasteiger partial charge in [0.05, 0.1) is 17.4 Å². The van der Waals surface area contributed by atoms with Crippen LogP contribution in [-0.4, -0.2) is 35.2 Å². The highest BCUT2D eigenvalue weighted by Gasteiger charge is 2.23. The normalized spacial score (nSPS) is 11.7. The zero-order chi connectivity index (χ0) is 23.9. The van der Waals surface area contributed by atoms with Crippen molar-refractivity contribution in [3.63, 3.8) is 0 Å². The molecule has 0 atom stereocenters. The maximum Gasteiger partial charge on any atom is 0.263 e. The fraction of sp³-hybridized carbons (Fsp3) is 0.217. The second-order valence-corrected chi connectivity index (χ2v) is 10.5. The van der Waals surface area contributed by atoms with Gasteiger partial charge < -0.3 is 5.32 Å². The van der Waals surface area contributed by atoms with Gasteiger partial charge in [-0.15, -0.1) is 22.7 Å². The van der Waals surface area contributed by atoms with E-state index in [1.165, 1.54) is 26.9 Å². The molecule has 0 unspecified atom stereocenters. The quantitative estimate of drug-likeness (QED) is 0.397. The minimum Gasteiger partial charge on any atom is -0.309 e. The second-order valence-electron chi connectivity index (χ2n) is 8.66. The maximum atomic E-state index is 13.2. The van der Waals surface area contributed by atoms with Gasteiger partial charge in [-0.25, -0.2) is 15.0 Å². The van der Waals surface area contributed by atoms with E-state index >= 15 is 0 Å². The molecule has 5 rings (SSSR count). The van der Waals surface area contributed by atoms with Gasteiger partial charge in [0.2, 0.25) is 5.91 Å². The summed E-state index contributed by atoms with van der Waals surface area (Å²) >= 11 is 2.98. The van der Waals surface area contributed by atoms with Crippen LogP contribution in [0, 0.1) is 0 Å². The molecule has 5 aromatic rings. The molecular formula is C23H21N7O2S2. The van der Waals surface area contributed by atoms with Crippen LogP contribution < -0.4 is 10.9 Å². The molecule has 34 heavy (non-hydrogen) atoms. The van der Waals surface area contributed by atoms with Gasteiger partial charge in [0, 0.05) is 39.7 Å². The number of rotatable bonds is 5. The molecule has 9 nitrogen and oxygen atoms in total. The lowest BCUT2D eigenvalue weighted by molar-refractivity contribution is -0.116. The topological polar surface area (TPSA) is 108 Å². The van der Waals surface area contributed by atoms with E-state index in [-0.39, 0.29) is 23.4 Å². The first-order chi connectivity index (χ1) is 16.3. The Hall–Kier alpha value is -3.70. The zero-order valence-electron chi connectivity index (χ0n) is 18.7. The Morgan fingerprint density at radius 1 is 1.12 bits per heavy atom. The summed E-state index contributed by atoms with van der Waals surface area (Å²) in [5.74, 6) is 0.388. The first-order valence-corrected chi connectivity index (χ1v) is 12.3. The molecule has 0 saturated heterocycles. The molecule has 0 saturated carbocycles. The highest BCUT2D eigenvalue weighted by molar-refractivity contribution is 7.18. The Labute approximate surface area is 202 Å². The molecule has 0 aliphatic rings. The number of carbonyl (C=O) groups excluding carboxylic acids is 1. The summed E-state index contributed by atoms with van der Waals surface area (Å²) < 4.78 is 2.82. The maximum absolute atomic E-state index is 13.2. The van der Waals surface area contributed by atoms with E-state index in [1.54, 1.807) is 35.9 Å². The van der Waals surface area contributed by atoms with Crippen LogP contribution in [0.3, 0.4) is 0 Å². The summed E-state index contributed by atoms with van der Waals surface area (Å²) in [4.78, 5) is 40.8. The van der Waals surface area contributed by atoms with Crippen molar-refractivity contribution in [1.82, 2.24) is 29.3 Å². The molecule has 0 bridgehead atoms. The lowest BCUT2D eigenvalue weighted by Crippen LogP contribution is -2.28. The van der Waals surface area contributed by atoms with Gasteiger partial charge in [-0.2, -0.15) is 9.78 Å². The van der Waals surface area contributed by atoms with E-state index in [2.05, 4.69) is 25.4 Å². The number of hydrogen-bond acceptors (Lipinski definition) is 8. The minimum atomic E-state index is -0.381. The molecule has 0 aromatic carbocycles. The number of anilines is 1. The molecule has 0 fully saturated rings. The number of aromatic nitrogens is 6. The average Bonchev–Trinajstić information content (AvgIpc) is 3.55. The van der Waals surface area contributed by atoms with Gasteiger partial charge in [-0.05, 0) is 17.5 Å². The molecule has 0 aliphatic heterocycles. The third-order valence-electron chi connectivity index (χ3n) is 5.15. The number of nitrogens with zero attached hydrogens (tertiary/aromatic N) is 6. The summed E-state index contributed by atoms with van der Waals surface area (Å²) in [7, 11) is 0.